The number of hydrogen-bond donors (Lipinski definition) is 1. The van der Waals surface area contributed by atoms with Gasteiger partial charge in [-0.15, -0.1) is 0 Å². The van der Waals surface area contributed by atoms with Gasteiger partial charge in [-0.2, -0.15) is 26.3 Å². The van der Waals surface area contributed by atoms with Gasteiger partial charge < -0.3 is 9.84 Å². The van der Waals surface area contributed by atoms with Gasteiger partial charge in [0.05, 0.1) is 11.8 Å². The summed E-state index contributed by atoms with van der Waals surface area (Å²) in [6.45, 7) is -1.72. The molecule has 1 N–H and O–H groups in total. The summed E-state index contributed by atoms with van der Waals surface area (Å²) in [5.74, 6) is -2.16. The number of ether oxygens (including phenoxy) is 1. The number of aromatic carboxylic acids is 1. The number of aromatic nitrogens is 2. The van der Waals surface area contributed by atoms with Crippen LogP contribution in [0, 0.1) is 0 Å². The highest BCUT2D eigenvalue weighted by Crippen LogP contribution is 2.33. The standard InChI is InChI=1S/C14H8F6N2O3/c15-13(16,17)6-25-11-10(22-9(5-21-11)12(23)24)7-1-3-8(4-2-7)14(18,19)20/h1-5H,6H2,(H,23,24). The summed E-state index contributed by atoms with van der Waals surface area (Å²) in [5.41, 5.74) is -2.09. The van der Waals surface area contributed by atoms with Crippen molar-refractivity contribution < 1.29 is 41.0 Å². The minimum atomic E-state index is -4.69. The van der Waals surface area contributed by atoms with Crippen LogP contribution in [0.15, 0.2) is 30.5 Å². The lowest BCUT2D eigenvalue weighted by Gasteiger charge is -2.13. The lowest BCUT2D eigenvalue weighted by molar-refractivity contribution is -0.154. The Morgan fingerprint density at radius 1 is 1.08 bits per heavy atom. The summed E-state index contributed by atoms with van der Waals surface area (Å²) >= 11 is 0. The van der Waals surface area contributed by atoms with Gasteiger partial charge in [-0.25, -0.2) is 14.8 Å². The fraction of sp³-hybridized carbons (Fsp3) is 0.214. The smallest absolute Gasteiger partial charge is 0.422 e. The Bertz CT molecular complexity index is 772. The van der Waals surface area contributed by atoms with Crippen LogP contribution in [-0.2, 0) is 6.18 Å². The van der Waals surface area contributed by atoms with Gasteiger partial charge in [0.15, 0.2) is 12.3 Å². The van der Waals surface area contributed by atoms with Crippen molar-refractivity contribution in [3.8, 4) is 17.1 Å². The Morgan fingerprint density at radius 3 is 2.16 bits per heavy atom. The van der Waals surface area contributed by atoms with Crippen molar-refractivity contribution in [3.63, 3.8) is 0 Å². The monoisotopic (exact) mass is 366 g/mol. The summed E-state index contributed by atoms with van der Waals surface area (Å²) in [7, 11) is 0. The lowest BCUT2D eigenvalue weighted by Crippen LogP contribution is -2.20. The number of carbonyl (C=O) groups is 1. The first-order valence-corrected chi connectivity index (χ1v) is 6.45. The van der Waals surface area contributed by atoms with Crippen LogP contribution in [0.3, 0.4) is 0 Å². The zero-order valence-electron chi connectivity index (χ0n) is 12.0. The summed E-state index contributed by atoms with van der Waals surface area (Å²) in [5, 5.41) is 8.88. The lowest BCUT2D eigenvalue weighted by atomic mass is 10.1. The predicted molar refractivity (Wildman–Crippen MR) is 71.0 cm³/mol. The maximum atomic E-state index is 12.6. The Labute approximate surface area is 135 Å². The SMILES string of the molecule is O=C(O)c1cnc(OCC(F)(F)F)c(-c2ccc(C(F)(F)F)cc2)n1. The summed E-state index contributed by atoms with van der Waals surface area (Å²) in [4.78, 5) is 18.0. The second-order valence-electron chi connectivity index (χ2n) is 4.69. The molecule has 1 heterocycles. The fourth-order valence-electron chi connectivity index (χ4n) is 1.74. The zero-order chi connectivity index (χ0) is 18.8. The first kappa shape index (κ1) is 18.5. The first-order chi connectivity index (χ1) is 11.5. The molecule has 134 valence electrons. The molecule has 2 rings (SSSR count). The van der Waals surface area contributed by atoms with Crippen molar-refractivity contribution >= 4 is 5.97 Å². The summed E-state index contributed by atoms with van der Waals surface area (Å²) < 4.78 is 79.0. The number of benzene rings is 1. The van der Waals surface area contributed by atoms with Gasteiger partial charge in [-0.1, -0.05) is 12.1 Å². The molecule has 0 saturated heterocycles. The molecule has 5 nitrogen and oxygen atoms in total. The van der Waals surface area contributed by atoms with Crippen molar-refractivity contribution in [3.05, 3.63) is 41.7 Å². The van der Waals surface area contributed by atoms with Crippen LogP contribution < -0.4 is 4.74 Å². The van der Waals surface area contributed by atoms with Crippen molar-refractivity contribution in [2.45, 2.75) is 12.4 Å². The van der Waals surface area contributed by atoms with Crippen LogP contribution in [0.25, 0.3) is 11.3 Å². The molecule has 0 radical (unpaired) electrons. The van der Waals surface area contributed by atoms with E-state index in [1.807, 2.05) is 0 Å². The molecule has 1 aromatic carbocycles. The number of carboxylic acid groups (broad SMARTS) is 1. The molecule has 2 aromatic rings. The van der Waals surface area contributed by atoms with E-state index in [4.69, 9.17) is 5.11 Å². The molecule has 0 amide bonds. The number of hydrogen-bond acceptors (Lipinski definition) is 4. The number of alkyl halides is 6. The molecule has 0 unspecified atom stereocenters. The number of carboxylic acids is 1. The van der Waals surface area contributed by atoms with Gasteiger partial charge in [0.1, 0.15) is 5.69 Å². The second-order valence-corrected chi connectivity index (χ2v) is 4.69. The maximum absolute atomic E-state index is 12.6. The minimum Gasteiger partial charge on any atom is -0.476 e. The molecule has 0 bridgehead atoms. The third-order valence-corrected chi connectivity index (χ3v) is 2.82. The average molecular weight is 366 g/mol. The van der Waals surface area contributed by atoms with Gasteiger partial charge in [-0.05, 0) is 12.1 Å². The van der Waals surface area contributed by atoms with E-state index in [0.717, 1.165) is 12.1 Å². The molecule has 11 heteroatoms. The molecule has 0 aliphatic rings. The number of nitrogens with zero attached hydrogens (tertiary/aromatic N) is 2. The normalized spacial score (nSPS) is 12.1. The fourth-order valence-corrected chi connectivity index (χ4v) is 1.74. The molecule has 0 aliphatic heterocycles. The van der Waals surface area contributed by atoms with E-state index in [0.29, 0.717) is 18.3 Å². The van der Waals surface area contributed by atoms with Crippen molar-refractivity contribution in [1.82, 2.24) is 9.97 Å². The molecular weight excluding hydrogens is 358 g/mol. The molecular formula is C14H8F6N2O3. The number of rotatable bonds is 4. The Kier molecular flexibility index (Phi) is 4.86. The van der Waals surface area contributed by atoms with Crippen LogP contribution in [0.5, 0.6) is 5.88 Å². The van der Waals surface area contributed by atoms with Crippen LogP contribution >= 0.6 is 0 Å². The molecule has 1 aromatic heterocycles. The quantitative estimate of drug-likeness (QED) is 0.834. The Balaban J connectivity index is 2.45. The largest absolute Gasteiger partial charge is 0.476 e. The van der Waals surface area contributed by atoms with Crippen molar-refractivity contribution in [2.75, 3.05) is 6.61 Å². The van der Waals surface area contributed by atoms with Crippen LogP contribution in [0.1, 0.15) is 16.1 Å². The Hall–Kier alpha value is -2.85. The predicted octanol–water partition coefficient (Wildman–Crippen LogP) is 3.80. The van der Waals surface area contributed by atoms with Gasteiger partial charge in [-0.3, -0.25) is 0 Å². The van der Waals surface area contributed by atoms with Crippen LogP contribution in [0.2, 0.25) is 0 Å². The third kappa shape index (κ3) is 4.81. The zero-order valence-corrected chi connectivity index (χ0v) is 12.0. The van der Waals surface area contributed by atoms with Gasteiger partial charge >= 0.3 is 18.3 Å². The highest BCUT2D eigenvalue weighted by molar-refractivity contribution is 5.86. The molecule has 0 spiro atoms. The highest BCUT2D eigenvalue weighted by Gasteiger charge is 2.31. The first-order valence-electron chi connectivity index (χ1n) is 6.45. The van der Waals surface area contributed by atoms with Gasteiger partial charge in [0.2, 0.25) is 5.88 Å². The van der Waals surface area contributed by atoms with Gasteiger partial charge in [0, 0.05) is 5.56 Å². The Morgan fingerprint density at radius 2 is 1.68 bits per heavy atom. The molecule has 0 fully saturated rings. The summed E-state index contributed by atoms with van der Waals surface area (Å²) in [6, 6.07) is 3.22. The van der Waals surface area contributed by atoms with E-state index in [1.54, 1.807) is 0 Å². The number of halogens is 6. The third-order valence-electron chi connectivity index (χ3n) is 2.82. The van der Waals surface area contributed by atoms with E-state index in [2.05, 4.69) is 14.7 Å². The van der Waals surface area contributed by atoms with E-state index in [9.17, 15) is 31.1 Å². The van der Waals surface area contributed by atoms with E-state index >= 15 is 0 Å². The second kappa shape index (κ2) is 6.57. The molecule has 0 atom stereocenters. The maximum Gasteiger partial charge on any atom is 0.422 e. The van der Waals surface area contributed by atoms with E-state index < -0.39 is 47.8 Å². The van der Waals surface area contributed by atoms with E-state index in [1.165, 1.54) is 0 Å². The summed E-state index contributed by atoms with van der Waals surface area (Å²) in [6.07, 6.45) is -8.62. The highest BCUT2D eigenvalue weighted by atomic mass is 19.4. The minimum absolute atomic E-state index is 0.0826. The molecule has 25 heavy (non-hydrogen) atoms. The molecule has 0 aliphatic carbocycles. The van der Waals surface area contributed by atoms with Crippen molar-refractivity contribution in [2.24, 2.45) is 0 Å². The average Bonchev–Trinajstić information content (AvgIpc) is 2.51. The molecule has 0 saturated carbocycles. The van der Waals surface area contributed by atoms with Crippen LogP contribution in [-0.4, -0.2) is 33.8 Å². The van der Waals surface area contributed by atoms with Crippen molar-refractivity contribution in [1.29, 1.82) is 0 Å². The van der Waals surface area contributed by atoms with E-state index in [-0.39, 0.29) is 5.56 Å². The van der Waals surface area contributed by atoms with Gasteiger partial charge in [0.25, 0.3) is 0 Å². The van der Waals surface area contributed by atoms with Crippen LogP contribution in [0.4, 0.5) is 26.3 Å². The topological polar surface area (TPSA) is 72.3 Å².